The molecule has 3 N–H and O–H groups in total. The Labute approximate surface area is 108 Å². The maximum absolute atomic E-state index is 13.5. The van der Waals surface area contributed by atoms with Crippen molar-refractivity contribution >= 4 is 0 Å². The number of benzene rings is 1. The van der Waals surface area contributed by atoms with Gasteiger partial charge in [-0.1, -0.05) is 18.2 Å². The summed E-state index contributed by atoms with van der Waals surface area (Å²) in [6.45, 7) is -0.335. The Balaban J connectivity index is 0.000000861. The maximum Gasteiger partial charge on any atom is 0.414 e. The lowest BCUT2D eigenvalue weighted by molar-refractivity contribution is -0.206. The van der Waals surface area contributed by atoms with E-state index in [0.717, 1.165) is 7.11 Å². The second kappa shape index (κ2) is 5.85. The largest absolute Gasteiger partial charge is 0.414 e. The second-order valence-electron chi connectivity index (χ2n) is 4.18. The molecule has 2 atom stereocenters. The molecular formula is C12H15F4NO2. The Morgan fingerprint density at radius 2 is 1.89 bits per heavy atom. The first-order valence-electron chi connectivity index (χ1n) is 5.50. The predicted molar refractivity (Wildman–Crippen MR) is 60.8 cm³/mol. The molecule has 0 spiro atoms. The van der Waals surface area contributed by atoms with Gasteiger partial charge in [-0.15, -0.1) is 0 Å². The number of aliphatic hydroxyl groups excluding tert-OH is 1. The summed E-state index contributed by atoms with van der Waals surface area (Å²) in [4.78, 5) is 0. The highest BCUT2D eigenvalue weighted by molar-refractivity contribution is 5.27. The van der Waals surface area contributed by atoms with Gasteiger partial charge in [0.1, 0.15) is 5.82 Å². The van der Waals surface area contributed by atoms with Gasteiger partial charge in [-0.25, -0.2) is 4.39 Å². The zero-order valence-electron chi connectivity index (χ0n) is 10.2. The van der Waals surface area contributed by atoms with Crippen molar-refractivity contribution in [3.8, 4) is 0 Å². The van der Waals surface area contributed by atoms with Crippen LogP contribution in [-0.4, -0.2) is 31.1 Å². The van der Waals surface area contributed by atoms with Crippen molar-refractivity contribution in [2.75, 3.05) is 13.7 Å². The topological polar surface area (TPSA) is 55.5 Å². The average molecular weight is 281 g/mol. The van der Waals surface area contributed by atoms with E-state index in [-0.39, 0.29) is 12.2 Å². The van der Waals surface area contributed by atoms with Crippen LogP contribution in [0.1, 0.15) is 12.0 Å². The van der Waals surface area contributed by atoms with Crippen LogP contribution in [0.15, 0.2) is 24.3 Å². The van der Waals surface area contributed by atoms with E-state index in [9.17, 15) is 17.6 Å². The summed E-state index contributed by atoms with van der Waals surface area (Å²) in [6.07, 6.45) is -6.85. The minimum atomic E-state index is -4.47. The molecule has 1 heterocycles. The summed E-state index contributed by atoms with van der Waals surface area (Å²) in [6, 6.07) is 5.55. The number of nitrogens with two attached hydrogens (primary N) is 1. The molecule has 7 heteroatoms. The van der Waals surface area contributed by atoms with Gasteiger partial charge in [0.25, 0.3) is 0 Å². The summed E-state index contributed by atoms with van der Waals surface area (Å²) in [5, 5.41) is 7.00. The van der Waals surface area contributed by atoms with Gasteiger partial charge in [-0.05, 0) is 6.07 Å². The third-order valence-electron chi connectivity index (χ3n) is 2.87. The number of ether oxygens (including phenoxy) is 1. The smallest absolute Gasteiger partial charge is 0.400 e. The molecule has 19 heavy (non-hydrogen) atoms. The van der Waals surface area contributed by atoms with Crippen LogP contribution in [0, 0.1) is 5.82 Å². The Morgan fingerprint density at radius 3 is 2.37 bits per heavy atom. The third-order valence-corrected chi connectivity index (χ3v) is 2.87. The van der Waals surface area contributed by atoms with Gasteiger partial charge < -0.3 is 15.6 Å². The molecule has 3 nitrogen and oxygen atoms in total. The summed E-state index contributed by atoms with van der Waals surface area (Å²) in [7, 11) is 1.00. The minimum Gasteiger partial charge on any atom is -0.400 e. The molecule has 1 saturated heterocycles. The fraction of sp³-hybridized carbons (Fsp3) is 0.500. The molecule has 0 aromatic heterocycles. The van der Waals surface area contributed by atoms with E-state index in [1.54, 1.807) is 0 Å². The van der Waals surface area contributed by atoms with E-state index in [1.807, 2.05) is 0 Å². The molecule has 1 aromatic rings. The molecule has 0 radical (unpaired) electrons. The molecule has 1 fully saturated rings. The first kappa shape index (κ1) is 15.9. The van der Waals surface area contributed by atoms with Gasteiger partial charge in [0.2, 0.25) is 0 Å². The molecule has 1 aromatic carbocycles. The lowest BCUT2D eigenvalue weighted by Gasteiger charge is -2.23. The van der Waals surface area contributed by atoms with Gasteiger partial charge in [0.15, 0.2) is 6.10 Å². The number of hydrogen-bond donors (Lipinski definition) is 2. The lowest BCUT2D eigenvalue weighted by Crippen LogP contribution is -2.39. The van der Waals surface area contributed by atoms with Crippen molar-refractivity contribution in [1.29, 1.82) is 0 Å². The minimum absolute atomic E-state index is 0.0618. The first-order chi connectivity index (χ1) is 8.83. The van der Waals surface area contributed by atoms with Gasteiger partial charge in [0, 0.05) is 19.1 Å². The number of hydrogen-bond acceptors (Lipinski definition) is 3. The van der Waals surface area contributed by atoms with Gasteiger partial charge >= 0.3 is 6.18 Å². The molecule has 2 rings (SSSR count). The average Bonchev–Trinajstić information content (AvgIpc) is 2.76. The molecule has 1 aliphatic rings. The van der Waals surface area contributed by atoms with Crippen molar-refractivity contribution in [1.82, 2.24) is 0 Å². The third kappa shape index (κ3) is 3.43. The summed E-state index contributed by atoms with van der Waals surface area (Å²) >= 11 is 0. The molecule has 0 saturated carbocycles. The van der Waals surface area contributed by atoms with Crippen molar-refractivity contribution in [2.45, 2.75) is 24.2 Å². The van der Waals surface area contributed by atoms with Gasteiger partial charge in [-0.2, -0.15) is 13.2 Å². The van der Waals surface area contributed by atoms with E-state index in [0.29, 0.717) is 0 Å². The molecular weight excluding hydrogens is 266 g/mol. The maximum atomic E-state index is 13.5. The fourth-order valence-electron chi connectivity index (χ4n) is 1.96. The van der Waals surface area contributed by atoms with Crippen LogP contribution in [0.2, 0.25) is 0 Å². The van der Waals surface area contributed by atoms with Crippen LogP contribution in [0.3, 0.4) is 0 Å². The number of rotatable bonds is 1. The highest BCUT2D eigenvalue weighted by Crippen LogP contribution is 2.39. The van der Waals surface area contributed by atoms with Crippen molar-refractivity contribution < 1.29 is 27.4 Å². The molecule has 108 valence electrons. The lowest BCUT2D eigenvalue weighted by atomic mass is 9.88. The van der Waals surface area contributed by atoms with Crippen molar-refractivity contribution in [3.05, 3.63) is 35.6 Å². The quantitative estimate of drug-likeness (QED) is 0.773. The molecule has 1 aliphatic heterocycles. The standard InChI is InChI=1S/C11H11F4NO.CH4O/c12-8-4-2-1-3-7(8)10(16)5-9(17-6-10)11(13,14)15;1-2/h1-4,9H,5-6,16H2;2H,1H3. The van der Waals surface area contributed by atoms with Crippen molar-refractivity contribution in [2.24, 2.45) is 5.73 Å². The van der Waals surface area contributed by atoms with Gasteiger partial charge in [0.05, 0.1) is 12.1 Å². The highest BCUT2D eigenvalue weighted by Gasteiger charge is 2.51. The fourth-order valence-corrected chi connectivity index (χ4v) is 1.96. The summed E-state index contributed by atoms with van der Waals surface area (Å²) in [5.41, 5.74) is 4.45. The van der Waals surface area contributed by atoms with Crippen LogP contribution in [-0.2, 0) is 10.3 Å². The SMILES string of the molecule is CO.NC1(c2ccccc2F)COC(C(F)(F)F)C1. The highest BCUT2D eigenvalue weighted by atomic mass is 19.4. The summed E-state index contributed by atoms with van der Waals surface area (Å²) in [5.74, 6) is -0.610. The van der Waals surface area contributed by atoms with E-state index < -0.39 is 30.1 Å². The molecule has 0 amide bonds. The molecule has 0 bridgehead atoms. The van der Waals surface area contributed by atoms with E-state index in [4.69, 9.17) is 10.8 Å². The van der Waals surface area contributed by atoms with Crippen LogP contribution in [0.5, 0.6) is 0 Å². The number of alkyl halides is 3. The van der Waals surface area contributed by atoms with Crippen molar-refractivity contribution in [3.63, 3.8) is 0 Å². The van der Waals surface area contributed by atoms with E-state index >= 15 is 0 Å². The Morgan fingerprint density at radius 1 is 1.32 bits per heavy atom. The molecule has 2 unspecified atom stereocenters. The predicted octanol–water partition coefficient (Wildman–Crippen LogP) is 1.94. The van der Waals surface area contributed by atoms with Crippen LogP contribution in [0.25, 0.3) is 0 Å². The Bertz CT molecular complexity index is 424. The Hall–Kier alpha value is -1.18. The van der Waals surface area contributed by atoms with E-state index in [1.165, 1.54) is 24.3 Å². The zero-order valence-corrected chi connectivity index (χ0v) is 10.2. The van der Waals surface area contributed by atoms with Crippen LogP contribution < -0.4 is 5.73 Å². The zero-order chi connectivity index (χ0) is 14.7. The monoisotopic (exact) mass is 281 g/mol. The van der Waals surface area contributed by atoms with Crippen LogP contribution >= 0.6 is 0 Å². The summed E-state index contributed by atoms with van der Waals surface area (Å²) < 4.78 is 55.5. The molecule has 0 aliphatic carbocycles. The van der Waals surface area contributed by atoms with Gasteiger partial charge in [-0.3, -0.25) is 0 Å². The number of halogens is 4. The normalized spacial score (nSPS) is 26.8. The second-order valence-corrected chi connectivity index (χ2v) is 4.18. The van der Waals surface area contributed by atoms with Crippen LogP contribution in [0.4, 0.5) is 17.6 Å². The van der Waals surface area contributed by atoms with E-state index in [2.05, 4.69) is 4.74 Å². The Kier molecular flexibility index (Phi) is 4.89. The number of aliphatic hydroxyl groups is 1. The first-order valence-corrected chi connectivity index (χ1v) is 5.50.